The van der Waals surface area contributed by atoms with E-state index >= 15 is 0 Å². The van der Waals surface area contributed by atoms with Crippen LogP contribution in [0.4, 0.5) is 5.69 Å². The van der Waals surface area contributed by atoms with Crippen molar-refractivity contribution in [1.29, 1.82) is 0 Å². The van der Waals surface area contributed by atoms with Gasteiger partial charge in [-0.2, -0.15) is 0 Å². The molecule has 0 aliphatic carbocycles. The topological polar surface area (TPSA) is 90.9 Å². The summed E-state index contributed by atoms with van der Waals surface area (Å²) in [6.45, 7) is 5.05. The fraction of sp³-hybridized carbons (Fsp3) is 0.419. The molecule has 0 unspecified atom stereocenters. The Kier molecular flexibility index (Phi) is 8.24. The van der Waals surface area contributed by atoms with E-state index in [4.69, 9.17) is 28.4 Å². The molecule has 3 aromatic rings. The van der Waals surface area contributed by atoms with Crippen molar-refractivity contribution in [3.8, 4) is 28.7 Å². The lowest BCUT2D eigenvalue weighted by Crippen LogP contribution is -2.49. The first kappa shape index (κ1) is 26.7. The van der Waals surface area contributed by atoms with Crippen LogP contribution >= 0.6 is 0 Å². The molecule has 0 radical (unpaired) electrons. The van der Waals surface area contributed by atoms with Gasteiger partial charge in [0.1, 0.15) is 23.9 Å². The Morgan fingerprint density at radius 1 is 0.925 bits per heavy atom. The summed E-state index contributed by atoms with van der Waals surface area (Å²) in [4.78, 5) is 2.35. The van der Waals surface area contributed by atoms with Gasteiger partial charge in [0.05, 0.1) is 31.0 Å². The number of ether oxygens (including phenoxy) is 6. The Bertz CT molecular complexity index is 1290. The Labute approximate surface area is 234 Å². The average Bonchev–Trinajstić information content (AvgIpc) is 3.45. The fourth-order valence-corrected chi connectivity index (χ4v) is 5.55. The molecule has 0 saturated carbocycles. The molecule has 3 heterocycles. The van der Waals surface area contributed by atoms with Gasteiger partial charge in [0.15, 0.2) is 11.5 Å². The van der Waals surface area contributed by atoms with Gasteiger partial charge < -0.3 is 43.7 Å². The quantitative estimate of drug-likeness (QED) is 0.364. The maximum absolute atomic E-state index is 10.9. The van der Waals surface area contributed by atoms with Crippen LogP contribution in [0.25, 0.3) is 0 Å². The summed E-state index contributed by atoms with van der Waals surface area (Å²) < 4.78 is 34.4. The third kappa shape index (κ3) is 5.97. The minimum atomic E-state index is -0.562. The highest BCUT2D eigenvalue weighted by atomic mass is 16.7. The normalized spacial score (nSPS) is 21.6. The van der Waals surface area contributed by atoms with Gasteiger partial charge in [0, 0.05) is 45.3 Å². The highest BCUT2D eigenvalue weighted by Gasteiger charge is 2.34. The maximum atomic E-state index is 10.9. The largest absolute Gasteiger partial charge is 0.490 e. The number of nitrogens with zero attached hydrogens (tertiary/aromatic N) is 1. The molecular weight excluding hydrogens is 512 g/mol. The predicted molar refractivity (Wildman–Crippen MR) is 150 cm³/mol. The second kappa shape index (κ2) is 12.3. The average molecular weight is 549 g/mol. The van der Waals surface area contributed by atoms with E-state index in [2.05, 4.69) is 22.3 Å². The van der Waals surface area contributed by atoms with Crippen LogP contribution < -0.4 is 29.2 Å². The molecule has 2 N–H and O–H groups in total. The van der Waals surface area contributed by atoms with Crippen LogP contribution in [0.2, 0.25) is 0 Å². The van der Waals surface area contributed by atoms with E-state index in [0.29, 0.717) is 43.6 Å². The van der Waals surface area contributed by atoms with E-state index in [0.717, 1.165) is 54.4 Å². The van der Waals surface area contributed by atoms with Gasteiger partial charge in [-0.3, -0.25) is 0 Å². The Balaban J connectivity index is 1.11. The van der Waals surface area contributed by atoms with Crippen LogP contribution in [0.3, 0.4) is 0 Å². The molecule has 3 aliphatic heterocycles. The second-order valence-corrected chi connectivity index (χ2v) is 10.3. The van der Waals surface area contributed by atoms with Gasteiger partial charge in [-0.05, 0) is 53.9 Å². The van der Waals surface area contributed by atoms with Crippen molar-refractivity contribution in [2.75, 3.05) is 58.2 Å². The SMILES string of the molecule is COCCCN1CCOc2ccc(CO[C@H]3CNC[C@@H](O)[C@@H]3c3ccc(Oc4ccc5c(c4)OCO5)cc3)cc21. The van der Waals surface area contributed by atoms with E-state index in [-0.39, 0.29) is 18.8 Å². The molecule has 1 saturated heterocycles. The molecule has 3 aliphatic rings. The number of hydrogen-bond acceptors (Lipinski definition) is 9. The molecule has 0 aromatic heterocycles. The lowest BCUT2D eigenvalue weighted by Gasteiger charge is -2.36. The summed E-state index contributed by atoms with van der Waals surface area (Å²) >= 11 is 0. The van der Waals surface area contributed by atoms with E-state index < -0.39 is 6.10 Å². The third-order valence-electron chi connectivity index (χ3n) is 7.58. The molecule has 3 aromatic carbocycles. The molecule has 3 atom stereocenters. The fourth-order valence-electron chi connectivity index (χ4n) is 5.55. The zero-order chi connectivity index (χ0) is 27.3. The first-order chi connectivity index (χ1) is 19.7. The number of piperidine rings is 1. The van der Waals surface area contributed by atoms with Gasteiger partial charge >= 0.3 is 0 Å². The van der Waals surface area contributed by atoms with Crippen molar-refractivity contribution in [3.05, 3.63) is 71.8 Å². The van der Waals surface area contributed by atoms with Crippen molar-refractivity contribution in [3.63, 3.8) is 0 Å². The van der Waals surface area contributed by atoms with Crippen molar-refractivity contribution < 1.29 is 33.5 Å². The number of hydrogen-bond donors (Lipinski definition) is 2. The smallest absolute Gasteiger partial charge is 0.231 e. The summed E-state index contributed by atoms with van der Waals surface area (Å²) in [6, 6.07) is 19.6. The molecule has 212 valence electrons. The highest BCUT2D eigenvalue weighted by molar-refractivity contribution is 5.61. The molecular formula is C31H36N2O7. The van der Waals surface area contributed by atoms with Gasteiger partial charge in [-0.1, -0.05) is 18.2 Å². The standard InChI is InChI=1S/C31H36N2O7/c1-35-13-2-11-33-12-14-36-27-9-3-21(15-25(27)33)19-37-30-18-32-17-26(34)31(30)22-4-6-23(7-5-22)40-24-8-10-28-29(16-24)39-20-38-28/h3-10,15-16,26,30-32,34H,2,11-14,17-20H2,1H3/t26-,30+,31+/m1/s1. The van der Waals surface area contributed by atoms with Gasteiger partial charge in [-0.15, -0.1) is 0 Å². The summed E-state index contributed by atoms with van der Waals surface area (Å²) in [5.74, 6) is 3.52. The molecule has 9 nitrogen and oxygen atoms in total. The molecule has 1 fully saturated rings. The van der Waals surface area contributed by atoms with Crippen LogP contribution in [0.1, 0.15) is 23.5 Å². The van der Waals surface area contributed by atoms with Gasteiger partial charge in [0.2, 0.25) is 6.79 Å². The molecule has 40 heavy (non-hydrogen) atoms. The molecule has 0 spiro atoms. The maximum Gasteiger partial charge on any atom is 0.231 e. The zero-order valence-electron chi connectivity index (χ0n) is 22.7. The number of aliphatic hydroxyl groups excluding tert-OH is 1. The molecule has 9 heteroatoms. The van der Waals surface area contributed by atoms with Crippen LogP contribution in [-0.2, 0) is 16.1 Å². The Morgan fingerprint density at radius 2 is 1.75 bits per heavy atom. The number of fused-ring (bicyclic) bond motifs is 2. The zero-order valence-corrected chi connectivity index (χ0v) is 22.7. The van der Waals surface area contributed by atoms with Crippen LogP contribution in [0.15, 0.2) is 60.7 Å². The number of anilines is 1. The lowest BCUT2D eigenvalue weighted by atomic mass is 9.85. The van der Waals surface area contributed by atoms with E-state index in [1.807, 2.05) is 48.5 Å². The first-order valence-electron chi connectivity index (χ1n) is 13.9. The monoisotopic (exact) mass is 548 g/mol. The number of methoxy groups -OCH3 is 1. The van der Waals surface area contributed by atoms with Gasteiger partial charge in [-0.25, -0.2) is 0 Å². The van der Waals surface area contributed by atoms with E-state index in [1.54, 1.807) is 7.11 Å². The summed E-state index contributed by atoms with van der Waals surface area (Å²) in [6.07, 6.45) is 0.215. The first-order valence-corrected chi connectivity index (χ1v) is 13.9. The number of rotatable bonds is 10. The molecule has 6 rings (SSSR count). The Hall–Kier alpha value is -3.50. The van der Waals surface area contributed by atoms with Crippen LogP contribution in [0.5, 0.6) is 28.7 Å². The molecule has 0 bridgehead atoms. The number of nitrogens with one attached hydrogen (secondary N) is 1. The molecule has 0 amide bonds. The lowest BCUT2D eigenvalue weighted by molar-refractivity contribution is -0.0328. The summed E-state index contributed by atoms with van der Waals surface area (Å²) in [5.41, 5.74) is 3.19. The second-order valence-electron chi connectivity index (χ2n) is 10.3. The number of benzene rings is 3. The minimum absolute atomic E-state index is 0.160. The van der Waals surface area contributed by atoms with Crippen molar-refractivity contribution in [1.82, 2.24) is 5.32 Å². The number of β-amino-alcohol motifs (C(OH)–C–C–N with tert-alkyl or cyclic N) is 1. The van der Waals surface area contributed by atoms with E-state index in [1.165, 1.54) is 0 Å². The summed E-state index contributed by atoms with van der Waals surface area (Å²) in [5, 5.41) is 14.3. The van der Waals surface area contributed by atoms with Crippen molar-refractivity contribution >= 4 is 5.69 Å². The van der Waals surface area contributed by atoms with Gasteiger partial charge in [0.25, 0.3) is 0 Å². The van der Waals surface area contributed by atoms with Crippen molar-refractivity contribution in [2.24, 2.45) is 0 Å². The highest BCUT2D eigenvalue weighted by Crippen LogP contribution is 2.38. The van der Waals surface area contributed by atoms with Crippen LogP contribution in [-0.4, -0.2) is 70.6 Å². The minimum Gasteiger partial charge on any atom is -0.490 e. The van der Waals surface area contributed by atoms with Crippen molar-refractivity contribution in [2.45, 2.75) is 31.2 Å². The summed E-state index contributed by atoms with van der Waals surface area (Å²) in [7, 11) is 1.73. The van der Waals surface area contributed by atoms with E-state index in [9.17, 15) is 5.11 Å². The predicted octanol–water partition coefficient (Wildman–Crippen LogP) is 4.08. The third-order valence-corrected chi connectivity index (χ3v) is 7.58. The van der Waals surface area contributed by atoms with Crippen LogP contribution in [0, 0.1) is 0 Å². The Morgan fingerprint density at radius 3 is 2.62 bits per heavy atom. The number of aliphatic hydroxyl groups is 1.